The van der Waals surface area contributed by atoms with Gasteiger partial charge in [-0.05, 0) is 43.2 Å². The van der Waals surface area contributed by atoms with Gasteiger partial charge in [0, 0.05) is 10.2 Å². The highest BCUT2D eigenvalue weighted by Crippen LogP contribution is 2.28. The van der Waals surface area contributed by atoms with Crippen LogP contribution in [0.15, 0.2) is 22.7 Å². The summed E-state index contributed by atoms with van der Waals surface area (Å²) in [5.74, 6) is 1.26. The molecule has 1 fully saturated rings. The lowest BCUT2D eigenvalue weighted by molar-refractivity contribution is -0.115. The van der Waals surface area contributed by atoms with Crippen LogP contribution in [-0.2, 0) is 4.79 Å². The maximum absolute atomic E-state index is 12.1. The van der Waals surface area contributed by atoms with Crippen molar-refractivity contribution in [3.8, 4) is 0 Å². The van der Waals surface area contributed by atoms with Crippen molar-refractivity contribution in [2.45, 2.75) is 31.4 Å². The monoisotopic (exact) mass is 313 g/mol. The normalized spacial score (nSPS) is 20.0. The van der Waals surface area contributed by atoms with Crippen LogP contribution in [0.1, 0.15) is 24.8 Å². The first kappa shape index (κ1) is 13.0. The number of thioether (sulfide) groups is 1. The maximum Gasteiger partial charge on any atom is 0.237 e. The van der Waals surface area contributed by atoms with E-state index in [9.17, 15) is 4.79 Å². The molecule has 1 aliphatic heterocycles. The van der Waals surface area contributed by atoms with Gasteiger partial charge in [-0.15, -0.1) is 11.8 Å². The molecule has 1 aromatic carbocycles. The molecule has 1 unspecified atom stereocenters. The Balaban J connectivity index is 2.04. The van der Waals surface area contributed by atoms with Gasteiger partial charge in [0.1, 0.15) is 0 Å². The van der Waals surface area contributed by atoms with Crippen LogP contribution in [0.5, 0.6) is 0 Å². The second-order valence-corrected chi connectivity index (χ2v) is 6.42. The van der Waals surface area contributed by atoms with Crippen LogP contribution in [0.2, 0.25) is 0 Å². The zero-order valence-electron chi connectivity index (χ0n) is 9.83. The molecule has 1 saturated heterocycles. The highest BCUT2D eigenvalue weighted by Gasteiger charge is 2.22. The Hall–Kier alpha value is -0.480. The fraction of sp³-hybridized carbons (Fsp3) is 0.462. The number of hydrogen-bond acceptors (Lipinski definition) is 2. The molecule has 2 rings (SSSR count). The smallest absolute Gasteiger partial charge is 0.237 e. The topological polar surface area (TPSA) is 29.1 Å². The molecule has 1 amide bonds. The van der Waals surface area contributed by atoms with Gasteiger partial charge in [0.15, 0.2) is 0 Å². The molecule has 1 aliphatic rings. The molecule has 4 heteroatoms. The minimum Gasteiger partial charge on any atom is -0.325 e. The molecular formula is C13H16BrNOS. The van der Waals surface area contributed by atoms with E-state index in [0.29, 0.717) is 0 Å². The zero-order chi connectivity index (χ0) is 12.3. The van der Waals surface area contributed by atoms with Crippen molar-refractivity contribution in [1.82, 2.24) is 0 Å². The number of halogens is 1. The Morgan fingerprint density at radius 2 is 2.29 bits per heavy atom. The largest absolute Gasteiger partial charge is 0.325 e. The molecule has 1 atom stereocenters. The molecule has 0 spiro atoms. The number of hydrogen-bond donors (Lipinski definition) is 1. The first-order valence-corrected chi connectivity index (χ1v) is 7.70. The number of benzene rings is 1. The fourth-order valence-corrected chi connectivity index (χ4v) is 3.47. The third kappa shape index (κ3) is 3.26. The number of carbonyl (C=O) groups is 1. The van der Waals surface area contributed by atoms with Crippen LogP contribution in [0.4, 0.5) is 5.69 Å². The highest BCUT2D eigenvalue weighted by atomic mass is 79.9. The van der Waals surface area contributed by atoms with E-state index in [1.54, 1.807) is 11.8 Å². The molecule has 0 bridgehead atoms. The molecule has 1 aromatic rings. The lowest BCUT2D eigenvalue weighted by atomic mass is 10.1. The fourth-order valence-electron chi connectivity index (χ4n) is 1.90. The standard InChI is InChI=1S/C13H16BrNOS/c1-9-10(14)5-4-6-11(9)15-13(16)12-7-2-3-8-17-12/h4-6,12H,2-3,7-8H2,1H3,(H,15,16). The Morgan fingerprint density at radius 1 is 1.47 bits per heavy atom. The van der Waals surface area contributed by atoms with Gasteiger partial charge in [-0.25, -0.2) is 0 Å². The van der Waals surface area contributed by atoms with E-state index < -0.39 is 0 Å². The summed E-state index contributed by atoms with van der Waals surface area (Å²) in [6.07, 6.45) is 3.41. The summed E-state index contributed by atoms with van der Waals surface area (Å²) >= 11 is 5.25. The van der Waals surface area contributed by atoms with Gasteiger partial charge < -0.3 is 5.32 Å². The number of rotatable bonds is 2. The summed E-state index contributed by atoms with van der Waals surface area (Å²) in [5.41, 5.74) is 2.00. The van der Waals surface area contributed by atoms with Gasteiger partial charge in [-0.2, -0.15) is 0 Å². The predicted octanol–water partition coefficient (Wildman–Crippen LogP) is 3.98. The molecule has 0 aromatic heterocycles. The molecular weight excluding hydrogens is 298 g/mol. The maximum atomic E-state index is 12.1. The van der Waals surface area contributed by atoms with Crippen molar-refractivity contribution in [3.05, 3.63) is 28.2 Å². The second kappa shape index (κ2) is 5.91. The summed E-state index contributed by atoms with van der Waals surface area (Å²) in [5, 5.41) is 3.16. The summed E-state index contributed by atoms with van der Waals surface area (Å²) in [6.45, 7) is 2.01. The zero-order valence-corrected chi connectivity index (χ0v) is 12.2. The second-order valence-electron chi connectivity index (χ2n) is 4.26. The van der Waals surface area contributed by atoms with Crippen molar-refractivity contribution >= 4 is 39.3 Å². The van der Waals surface area contributed by atoms with Crippen LogP contribution in [0.3, 0.4) is 0 Å². The quantitative estimate of drug-likeness (QED) is 0.894. The van der Waals surface area contributed by atoms with Crippen LogP contribution < -0.4 is 5.32 Å². The average molecular weight is 314 g/mol. The van der Waals surface area contributed by atoms with Crippen LogP contribution >= 0.6 is 27.7 Å². The van der Waals surface area contributed by atoms with E-state index >= 15 is 0 Å². The Kier molecular flexibility index (Phi) is 4.51. The van der Waals surface area contributed by atoms with Crippen molar-refractivity contribution in [2.75, 3.05) is 11.1 Å². The Morgan fingerprint density at radius 3 is 3.00 bits per heavy atom. The van der Waals surface area contributed by atoms with Gasteiger partial charge >= 0.3 is 0 Å². The van der Waals surface area contributed by atoms with E-state index in [1.165, 1.54) is 12.8 Å². The number of amides is 1. The van der Waals surface area contributed by atoms with Gasteiger partial charge in [0.05, 0.1) is 5.25 Å². The predicted molar refractivity (Wildman–Crippen MR) is 77.6 cm³/mol. The number of nitrogens with one attached hydrogen (secondary N) is 1. The molecule has 1 N–H and O–H groups in total. The molecule has 17 heavy (non-hydrogen) atoms. The van der Waals surface area contributed by atoms with Crippen molar-refractivity contribution in [1.29, 1.82) is 0 Å². The van der Waals surface area contributed by atoms with E-state index in [4.69, 9.17) is 0 Å². The first-order valence-electron chi connectivity index (χ1n) is 5.86. The Bertz CT molecular complexity index is 416. The SMILES string of the molecule is Cc1c(Br)cccc1NC(=O)C1CCCCS1. The average Bonchev–Trinajstić information content (AvgIpc) is 2.36. The molecule has 2 nitrogen and oxygen atoms in total. The molecule has 1 heterocycles. The summed E-state index contributed by atoms with van der Waals surface area (Å²) in [6, 6.07) is 5.88. The Labute approximate surface area is 115 Å². The molecule has 0 saturated carbocycles. The van der Waals surface area contributed by atoms with Gasteiger partial charge in [-0.1, -0.05) is 28.4 Å². The number of anilines is 1. The summed E-state index contributed by atoms with van der Waals surface area (Å²) in [4.78, 5) is 12.1. The number of carbonyl (C=O) groups excluding carboxylic acids is 1. The third-order valence-corrected chi connectivity index (χ3v) is 5.23. The van der Waals surface area contributed by atoms with Crippen LogP contribution in [0, 0.1) is 6.92 Å². The van der Waals surface area contributed by atoms with Crippen molar-refractivity contribution < 1.29 is 4.79 Å². The van der Waals surface area contributed by atoms with E-state index in [1.807, 2.05) is 25.1 Å². The van der Waals surface area contributed by atoms with E-state index in [0.717, 1.165) is 27.9 Å². The first-order chi connectivity index (χ1) is 8.18. The van der Waals surface area contributed by atoms with Crippen LogP contribution in [0.25, 0.3) is 0 Å². The van der Waals surface area contributed by atoms with Crippen LogP contribution in [-0.4, -0.2) is 16.9 Å². The molecule has 92 valence electrons. The minimum atomic E-state index is 0.127. The van der Waals surface area contributed by atoms with E-state index in [-0.39, 0.29) is 11.2 Å². The lowest BCUT2D eigenvalue weighted by Crippen LogP contribution is -2.27. The van der Waals surface area contributed by atoms with Gasteiger partial charge in [0.25, 0.3) is 0 Å². The summed E-state index contributed by atoms with van der Waals surface area (Å²) in [7, 11) is 0. The third-order valence-electron chi connectivity index (χ3n) is 3.00. The van der Waals surface area contributed by atoms with Gasteiger partial charge in [-0.3, -0.25) is 4.79 Å². The summed E-state index contributed by atoms with van der Waals surface area (Å²) < 4.78 is 1.03. The lowest BCUT2D eigenvalue weighted by Gasteiger charge is -2.21. The minimum absolute atomic E-state index is 0.127. The van der Waals surface area contributed by atoms with E-state index in [2.05, 4.69) is 21.2 Å². The highest BCUT2D eigenvalue weighted by molar-refractivity contribution is 9.10. The molecule has 0 radical (unpaired) electrons. The van der Waals surface area contributed by atoms with Crippen molar-refractivity contribution in [3.63, 3.8) is 0 Å². The van der Waals surface area contributed by atoms with Crippen molar-refractivity contribution in [2.24, 2.45) is 0 Å². The molecule has 0 aliphatic carbocycles. The van der Waals surface area contributed by atoms with Gasteiger partial charge in [0.2, 0.25) is 5.91 Å².